The zero-order valence-electron chi connectivity index (χ0n) is 13.8. The fourth-order valence-electron chi connectivity index (χ4n) is 4.69. The van der Waals surface area contributed by atoms with Gasteiger partial charge in [0.05, 0.1) is 12.6 Å². The molecule has 2 aromatic rings. The molecule has 25 heavy (non-hydrogen) atoms. The number of ether oxygens (including phenoxy) is 1. The first-order chi connectivity index (χ1) is 12.2. The van der Waals surface area contributed by atoms with Gasteiger partial charge in [0.2, 0.25) is 5.91 Å². The summed E-state index contributed by atoms with van der Waals surface area (Å²) in [6.07, 6.45) is 0.0547. The summed E-state index contributed by atoms with van der Waals surface area (Å²) >= 11 is 0. The maximum Gasteiger partial charge on any atom is 0.246 e. The van der Waals surface area contributed by atoms with E-state index in [9.17, 15) is 9.90 Å². The molecule has 3 aliphatic rings. The minimum Gasteiger partial charge on any atom is -0.396 e. The number of benzene rings is 1. The maximum atomic E-state index is 12.8. The summed E-state index contributed by atoms with van der Waals surface area (Å²) in [6.45, 7) is 2.94. The van der Waals surface area contributed by atoms with Crippen molar-refractivity contribution in [3.63, 3.8) is 0 Å². The van der Waals surface area contributed by atoms with Crippen LogP contribution in [0.25, 0.3) is 11.0 Å². The molecule has 2 N–H and O–H groups in total. The maximum absolute atomic E-state index is 12.8. The molecule has 0 saturated carbocycles. The minimum absolute atomic E-state index is 0.00788. The number of morpholine rings is 1. The Labute approximate surface area is 144 Å². The number of nitrogens with one attached hydrogen (secondary N) is 1. The molecule has 3 aliphatic heterocycles. The first-order valence-electron chi connectivity index (χ1n) is 8.75. The number of aliphatic hydroxyl groups is 1. The Bertz CT molecular complexity index is 790. The van der Waals surface area contributed by atoms with Gasteiger partial charge in [0, 0.05) is 38.1 Å². The van der Waals surface area contributed by atoms with Gasteiger partial charge in [-0.1, -0.05) is 12.1 Å². The van der Waals surface area contributed by atoms with E-state index >= 15 is 0 Å². The lowest BCUT2D eigenvalue weighted by molar-refractivity contribution is -0.134. The fourth-order valence-corrected chi connectivity index (χ4v) is 4.69. The van der Waals surface area contributed by atoms with Gasteiger partial charge >= 0.3 is 0 Å². The van der Waals surface area contributed by atoms with Gasteiger partial charge in [-0.2, -0.15) is 15.0 Å². The summed E-state index contributed by atoms with van der Waals surface area (Å²) in [5.74, 6) is 0.274. The van der Waals surface area contributed by atoms with E-state index in [0.29, 0.717) is 13.1 Å². The summed E-state index contributed by atoms with van der Waals surface area (Å²) in [6, 6.07) is 7.58. The van der Waals surface area contributed by atoms with Crippen molar-refractivity contribution in [1.29, 1.82) is 0 Å². The van der Waals surface area contributed by atoms with Crippen LogP contribution in [0.15, 0.2) is 24.3 Å². The SMILES string of the molecule is O=C(Cn1nc2ccccc2n1)N1C[C@@H]2[C@H](CO)[C@H]3CNC[C@]2(C1)O3. The Hall–Kier alpha value is -2.03. The van der Waals surface area contributed by atoms with E-state index in [0.717, 1.165) is 24.1 Å². The van der Waals surface area contributed by atoms with Crippen LogP contribution in [0.4, 0.5) is 0 Å². The van der Waals surface area contributed by atoms with Crippen LogP contribution < -0.4 is 5.32 Å². The van der Waals surface area contributed by atoms with Crippen LogP contribution in [0.5, 0.6) is 0 Å². The number of likely N-dealkylation sites (tertiary alicyclic amines) is 1. The van der Waals surface area contributed by atoms with Crippen molar-refractivity contribution >= 4 is 16.9 Å². The predicted octanol–water partition coefficient (Wildman–Crippen LogP) is -0.761. The molecule has 2 bridgehead atoms. The Balaban J connectivity index is 1.34. The van der Waals surface area contributed by atoms with Gasteiger partial charge in [-0.25, -0.2) is 0 Å². The highest BCUT2D eigenvalue weighted by molar-refractivity contribution is 5.77. The van der Waals surface area contributed by atoms with Crippen LogP contribution in [0.2, 0.25) is 0 Å². The zero-order valence-corrected chi connectivity index (χ0v) is 13.8. The highest BCUT2D eigenvalue weighted by atomic mass is 16.5. The third-order valence-electron chi connectivity index (χ3n) is 5.87. The smallest absolute Gasteiger partial charge is 0.246 e. The topological polar surface area (TPSA) is 92.5 Å². The number of hydrogen-bond donors (Lipinski definition) is 2. The van der Waals surface area contributed by atoms with Crippen LogP contribution in [0, 0.1) is 11.8 Å². The predicted molar refractivity (Wildman–Crippen MR) is 88.6 cm³/mol. The molecular formula is C17H21N5O3. The third kappa shape index (κ3) is 2.28. The molecule has 3 fully saturated rings. The second-order valence-electron chi connectivity index (χ2n) is 7.30. The first kappa shape index (κ1) is 15.2. The van der Waals surface area contributed by atoms with E-state index in [1.165, 1.54) is 4.80 Å². The van der Waals surface area contributed by atoms with Crippen molar-refractivity contribution in [3.05, 3.63) is 24.3 Å². The Kier molecular flexibility index (Phi) is 3.34. The van der Waals surface area contributed by atoms with E-state index in [-0.39, 0.29) is 42.6 Å². The molecule has 3 saturated heterocycles. The van der Waals surface area contributed by atoms with Crippen LogP contribution in [0.3, 0.4) is 0 Å². The molecule has 0 radical (unpaired) electrons. The number of aliphatic hydroxyl groups excluding tert-OH is 1. The standard InChI is InChI=1S/C17H21N5O3/c23-8-11-12-6-21(10-17(12)9-18-5-15(11)25-17)16(24)7-22-19-13-3-1-2-4-14(13)20-22/h1-4,11-12,15,18,23H,5-10H2/t11-,12+,15+,17+/m0/s1. The Morgan fingerprint density at radius 3 is 2.84 bits per heavy atom. The van der Waals surface area contributed by atoms with Crippen LogP contribution >= 0.6 is 0 Å². The first-order valence-corrected chi connectivity index (χ1v) is 8.75. The van der Waals surface area contributed by atoms with Gasteiger partial charge in [0.15, 0.2) is 0 Å². The van der Waals surface area contributed by atoms with Gasteiger partial charge in [-0.05, 0) is 12.1 Å². The van der Waals surface area contributed by atoms with Crippen molar-refractivity contribution in [1.82, 2.24) is 25.2 Å². The van der Waals surface area contributed by atoms with Crippen molar-refractivity contribution in [2.24, 2.45) is 11.8 Å². The Morgan fingerprint density at radius 1 is 1.36 bits per heavy atom. The molecule has 4 atom stereocenters. The summed E-state index contributed by atoms with van der Waals surface area (Å²) in [5.41, 5.74) is 1.22. The van der Waals surface area contributed by atoms with Gasteiger partial charge in [-0.3, -0.25) is 4.79 Å². The number of fused-ring (bicyclic) bond motifs is 2. The number of rotatable bonds is 3. The summed E-state index contributed by atoms with van der Waals surface area (Å²) in [7, 11) is 0. The minimum atomic E-state index is -0.353. The van der Waals surface area contributed by atoms with Crippen molar-refractivity contribution < 1.29 is 14.6 Å². The largest absolute Gasteiger partial charge is 0.396 e. The second kappa shape index (κ2) is 5.48. The van der Waals surface area contributed by atoms with E-state index in [2.05, 4.69) is 15.5 Å². The average molecular weight is 343 g/mol. The normalized spacial score (nSPS) is 33.8. The average Bonchev–Trinajstić information content (AvgIpc) is 3.22. The molecule has 0 aliphatic carbocycles. The van der Waals surface area contributed by atoms with Crippen molar-refractivity contribution in [3.8, 4) is 0 Å². The number of nitrogens with zero attached hydrogens (tertiary/aromatic N) is 4. The monoisotopic (exact) mass is 343 g/mol. The van der Waals surface area contributed by atoms with Crippen LogP contribution in [-0.4, -0.2) is 75.4 Å². The molecule has 0 unspecified atom stereocenters. The summed E-state index contributed by atoms with van der Waals surface area (Å²) in [5, 5.41) is 21.9. The number of carbonyl (C=O) groups excluding carboxylic acids is 1. The van der Waals surface area contributed by atoms with Gasteiger partial charge in [-0.15, -0.1) is 0 Å². The van der Waals surface area contributed by atoms with E-state index in [1.54, 1.807) is 0 Å². The van der Waals surface area contributed by atoms with Crippen LogP contribution in [-0.2, 0) is 16.1 Å². The van der Waals surface area contributed by atoms with Crippen LogP contribution in [0.1, 0.15) is 0 Å². The fraction of sp³-hybridized carbons (Fsp3) is 0.588. The van der Waals surface area contributed by atoms with Gasteiger partial charge < -0.3 is 20.1 Å². The number of aromatic nitrogens is 3. The molecular weight excluding hydrogens is 322 g/mol. The molecule has 5 rings (SSSR count). The van der Waals surface area contributed by atoms with Crippen molar-refractivity contribution in [2.75, 3.05) is 32.8 Å². The van der Waals surface area contributed by atoms with E-state index in [1.807, 2.05) is 29.2 Å². The quantitative estimate of drug-likeness (QED) is 0.761. The second-order valence-corrected chi connectivity index (χ2v) is 7.30. The Morgan fingerprint density at radius 2 is 2.12 bits per heavy atom. The summed E-state index contributed by atoms with van der Waals surface area (Å²) < 4.78 is 6.24. The molecule has 4 heterocycles. The lowest BCUT2D eigenvalue weighted by atomic mass is 9.83. The zero-order chi connectivity index (χ0) is 17.0. The number of hydrogen-bond acceptors (Lipinski definition) is 6. The lowest BCUT2D eigenvalue weighted by Crippen LogP contribution is -2.52. The molecule has 8 nitrogen and oxygen atoms in total. The molecule has 132 valence electrons. The number of amides is 1. The van der Waals surface area contributed by atoms with Crippen molar-refractivity contribution in [2.45, 2.75) is 18.2 Å². The molecule has 1 amide bonds. The van der Waals surface area contributed by atoms with E-state index < -0.39 is 0 Å². The highest BCUT2D eigenvalue weighted by Crippen LogP contribution is 2.47. The molecule has 1 aromatic carbocycles. The molecule has 1 aromatic heterocycles. The number of carbonyl (C=O) groups is 1. The molecule has 8 heteroatoms. The molecule has 1 spiro atoms. The van der Waals surface area contributed by atoms with E-state index in [4.69, 9.17) is 4.74 Å². The lowest BCUT2D eigenvalue weighted by Gasteiger charge is -2.33. The van der Waals surface area contributed by atoms with Gasteiger partial charge in [0.25, 0.3) is 0 Å². The van der Waals surface area contributed by atoms with Gasteiger partial charge in [0.1, 0.15) is 23.2 Å². The third-order valence-corrected chi connectivity index (χ3v) is 5.87. The summed E-state index contributed by atoms with van der Waals surface area (Å²) in [4.78, 5) is 16.1. The highest BCUT2D eigenvalue weighted by Gasteiger charge is 2.61.